The van der Waals surface area contributed by atoms with Gasteiger partial charge in [0.15, 0.2) is 0 Å². The van der Waals surface area contributed by atoms with Gasteiger partial charge in [-0.25, -0.2) is 0 Å². The van der Waals surface area contributed by atoms with Gasteiger partial charge in [-0.05, 0) is 19.5 Å². The normalized spacial score (nSPS) is 12.4. The van der Waals surface area contributed by atoms with E-state index in [0.717, 1.165) is 18.9 Å². The molecule has 1 rings (SSSR count). The van der Waals surface area contributed by atoms with Gasteiger partial charge in [0.2, 0.25) is 0 Å². The highest BCUT2D eigenvalue weighted by Gasteiger charge is 2.20. The third-order valence-corrected chi connectivity index (χ3v) is 2.40. The van der Waals surface area contributed by atoms with E-state index in [0.29, 0.717) is 5.88 Å². The van der Waals surface area contributed by atoms with Gasteiger partial charge in [-0.3, -0.25) is 0 Å². The summed E-state index contributed by atoms with van der Waals surface area (Å²) in [7, 11) is 4.16. The molecule has 0 saturated heterocycles. The fourth-order valence-electron chi connectivity index (χ4n) is 1.88. The van der Waals surface area contributed by atoms with Crippen LogP contribution in [0.4, 0.5) is 0 Å². The third kappa shape index (κ3) is 3.80. The van der Waals surface area contributed by atoms with Crippen LogP contribution in [0.1, 0.15) is 19.7 Å². The fourth-order valence-corrected chi connectivity index (χ4v) is 2.09. The van der Waals surface area contributed by atoms with Crippen LogP contribution < -0.4 is 0 Å². The molecule has 15 heavy (non-hydrogen) atoms. The maximum Gasteiger partial charge on any atom is 0.147 e. The van der Waals surface area contributed by atoms with Crippen molar-refractivity contribution in [2.75, 3.05) is 20.6 Å². The smallest absolute Gasteiger partial charge is 0.147 e. The van der Waals surface area contributed by atoms with Crippen molar-refractivity contribution in [2.24, 2.45) is 5.41 Å². The Hall–Kier alpha value is -0.610. The van der Waals surface area contributed by atoms with Gasteiger partial charge in [-0.15, -0.1) is 21.8 Å². The zero-order valence-corrected chi connectivity index (χ0v) is 10.6. The van der Waals surface area contributed by atoms with E-state index in [9.17, 15) is 0 Å². The Morgan fingerprint density at radius 1 is 1.47 bits per heavy atom. The number of hydrogen-bond donors (Lipinski definition) is 0. The van der Waals surface area contributed by atoms with E-state index in [1.807, 2.05) is 4.57 Å². The lowest BCUT2D eigenvalue weighted by molar-refractivity contribution is 0.209. The molecule has 0 aromatic carbocycles. The monoisotopic (exact) mass is 230 g/mol. The van der Waals surface area contributed by atoms with Crippen molar-refractivity contribution in [2.45, 2.75) is 26.3 Å². The number of nitrogens with zero attached hydrogens (tertiary/aromatic N) is 4. The first-order valence-corrected chi connectivity index (χ1v) is 5.55. The zero-order chi connectivity index (χ0) is 11.5. The van der Waals surface area contributed by atoms with Crippen molar-refractivity contribution >= 4 is 11.6 Å². The number of rotatable bonds is 5. The molecular formula is C10H19ClN4. The molecule has 0 N–H and O–H groups in total. The summed E-state index contributed by atoms with van der Waals surface area (Å²) in [5.74, 6) is 1.25. The molecule has 0 unspecified atom stereocenters. The van der Waals surface area contributed by atoms with Crippen molar-refractivity contribution < 1.29 is 0 Å². The predicted molar refractivity (Wildman–Crippen MR) is 61.9 cm³/mol. The number of alkyl halides is 1. The van der Waals surface area contributed by atoms with Gasteiger partial charge >= 0.3 is 0 Å². The topological polar surface area (TPSA) is 34.0 Å². The summed E-state index contributed by atoms with van der Waals surface area (Å²) >= 11 is 5.77. The minimum atomic E-state index is 0.187. The van der Waals surface area contributed by atoms with Crippen LogP contribution in [0.25, 0.3) is 0 Å². The molecule has 0 fully saturated rings. The van der Waals surface area contributed by atoms with Crippen molar-refractivity contribution in [3.63, 3.8) is 0 Å². The van der Waals surface area contributed by atoms with Crippen LogP contribution in [0.5, 0.6) is 0 Å². The molecule has 0 aliphatic heterocycles. The van der Waals surface area contributed by atoms with E-state index in [-0.39, 0.29) is 5.41 Å². The van der Waals surface area contributed by atoms with E-state index in [1.165, 1.54) is 0 Å². The minimum Gasteiger partial charge on any atom is -0.316 e. The van der Waals surface area contributed by atoms with Crippen LogP contribution in [0, 0.1) is 5.41 Å². The van der Waals surface area contributed by atoms with Crippen molar-refractivity contribution in [1.82, 2.24) is 19.7 Å². The van der Waals surface area contributed by atoms with Crippen LogP contribution in [-0.4, -0.2) is 40.3 Å². The SMILES string of the molecule is CN(C)CC(C)(C)Cn1cnnc1CCl. The molecule has 5 heteroatoms. The van der Waals surface area contributed by atoms with Crippen molar-refractivity contribution in [3.05, 3.63) is 12.2 Å². The summed E-state index contributed by atoms with van der Waals surface area (Å²) in [6.45, 7) is 6.36. The van der Waals surface area contributed by atoms with Crippen LogP contribution in [0.15, 0.2) is 6.33 Å². The first kappa shape index (κ1) is 12.5. The average Bonchev–Trinajstić information content (AvgIpc) is 2.48. The molecule has 0 aliphatic carbocycles. The highest BCUT2D eigenvalue weighted by atomic mass is 35.5. The predicted octanol–water partition coefficient (Wildman–Crippen LogP) is 1.60. The zero-order valence-electron chi connectivity index (χ0n) is 9.87. The van der Waals surface area contributed by atoms with Crippen LogP contribution in [0.2, 0.25) is 0 Å². The van der Waals surface area contributed by atoms with Gasteiger partial charge in [-0.2, -0.15) is 0 Å². The number of hydrogen-bond acceptors (Lipinski definition) is 3. The average molecular weight is 231 g/mol. The molecule has 0 spiro atoms. The van der Waals surface area contributed by atoms with Crippen LogP contribution in [0.3, 0.4) is 0 Å². The minimum absolute atomic E-state index is 0.187. The first-order chi connectivity index (χ1) is 6.94. The fraction of sp³-hybridized carbons (Fsp3) is 0.800. The standard InChI is InChI=1S/C10H19ClN4/c1-10(2,6-14(3)4)7-15-8-12-13-9(15)5-11/h8H,5-7H2,1-4H3. The molecule has 0 saturated carbocycles. The Morgan fingerprint density at radius 3 is 2.67 bits per heavy atom. The van der Waals surface area contributed by atoms with E-state index >= 15 is 0 Å². The molecule has 4 nitrogen and oxygen atoms in total. The summed E-state index contributed by atoms with van der Waals surface area (Å²) < 4.78 is 2.02. The quantitative estimate of drug-likeness (QED) is 0.721. The van der Waals surface area contributed by atoms with Crippen LogP contribution >= 0.6 is 11.6 Å². The Labute approximate surface area is 96.2 Å². The second-order valence-corrected chi connectivity index (χ2v) is 5.18. The van der Waals surface area contributed by atoms with E-state index in [2.05, 4.69) is 43.0 Å². The Morgan fingerprint density at radius 2 is 2.13 bits per heavy atom. The molecule has 0 radical (unpaired) electrons. The Bertz CT molecular complexity index is 306. The summed E-state index contributed by atoms with van der Waals surface area (Å²) in [5, 5.41) is 7.84. The van der Waals surface area contributed by atoms with Crippen molar-refractivity contribution in [1.29, 1.82) is 0 Å². The van der Waals surface area contributed by atoms with E-state index in [4.69, 9.17) is 11.6 Å². The molecule has 1 heterocycles. The van der Waals surface area contributed by atoms with Crippen molar-refractivity contribution in [3.8, 4) is 0 Å². The molecule has 0 atom stereocenters. The van der Waals surface area contributed by atoms with Gasteiger partial charge in [0, 0.05) is 13.1 Å². The van der Waals surface area contributed by atoms with Crippen LogP contribution in [-0.2, 0) is 12.4 Å². The molecule has 0 amide bonds. The van der Waals surface area contributed by atoms with Gasteiger partial charge in [-0.1, -0.05) is 13.8 Å². The maximum atomic E-state index is 5.77. The molecule has 0 aliphatic rings. The Balaban J connectivity index is 2.68. The largest absolute Gasteiger partial charge is 0.316 e. The highest BCUT2D eigenvalue weighted by Crippen LogP contribution is 2.19. The van der Waals surface area contributed by atoms with Gasteiger partial charge in [0.1, 0.15) is 12.2 Å². The van der Waals surface area contributed by atoms with Gasteiger partial charge in [0.25, 0.3) is 0 Å². The summed E-state index contributed by atoms with van der Waals surface area (Å²) in [5.41, 5.74) is 0.187. The number of halogens is 1. The van der Waals surface area contributed by atoms with E-state index < -0.39 is 0 Å². The molecule has 86 valence electrons. The highest BCUT2D eigenvalue weighted by molar-refractivity contribution is 6.16. The summed E-state index contributed by atoms with van der Waals surface area (Å²) in [4.78, 5) is 2.19. The molecule has 1 aromatic heterocycles. The third-order valence-electron chi connectivity index (χ3n) is 2.16. The Kier molecular flexibility index (Phi) is 4.11. The number of aromatic nitrogens is 3. The second-order valence-electron chi connectivity index (χ2n) is 4.91. The lowest BCUT2D eigenvalue weighted by Gasteiger charge is -2.28. The van der Waals surface area contributed by atoms with E-state index in [1.54, 1.807) is 6.33 Å². The molecule has 1 aromatic rings. The maximum absolute atomic E-state index is 5.77. The summed E-state index contributed by atoms with van der Waals surface area (Å²) in [6, 6.07) is 0. The van der Waals surface area contributed by atoms with Gasteiger partial charge in [0.05, 0.1) is 5.88 Å². The lowest BCUT2D eigenvalue weighted by atomic mass is 9.93. The molecular weight excluding hydrogens is 212 g/mol. The summed E-state index contributed by atoms with van der Waals surface area (Å²) in [6.07, 6.45) is 1.75. The lowest BCUT2D eigenvalue weighted by Crippen LogP contribution is -2.32. The second kappa shape index (κ2) is 4.94. The molecule has 0 bridgehead atoms. The first-order valence-electron chi connectivity index (χ1n) is 5.02. The van der Waals surface area contributed by atoms with Gasteiger partial charge < -0.3 is 9.47 Å².